The second-order valence-corrected chi connectivity index (χ2v) is 20.3. The molecule has 16 heteroatoms. The molecule has 3 fully saturated rings. The zero-order valence-electron chi connectivity index (χ0n) is 41.6. The van der Waals surface area contributed by atoms with Crippen LogP contribution in [-0.4, -0.2) is 106 Å². The third kappa shape index (κ3) is 8.83. The Morgan fingerprint density at radius 1 is 0.703 bits per heavy atom. The number of esters is 5. The highest BCUT2D eigenvalue weighted by Crippen LogP contribution is 2.65. The zero-order valence-corrected chi connectivity index (χ0v) is 41.6. The number of ketones is 1. The Hall–Kier alpha value is -7.53. The third-order valence-corrected chi connectivity index (χ3v) is 15.7. The maximum atomic E-state index is 16.3. The van der Waals surface area contributed by atoms with E-state index in [9.17, 15) is 39.0 Å². The van der Waals surface area contributed by atoms with Crippen LogP contribution in [-0.2, 0) is 47.6 Å². The van der Waals surface area contributed by atoms with Crippen molar-refractivity contribution in [1.82, 2.24) is 5.32 Å². The van der Waals surface area contributed by atoms with E-state index in [1.807, 2.05) is 24.3 Å². The van der Waals surface area contributed by atoms with Crippen LogP contribution in [0.25, 0.3) is 10.8 Å². The fourth-order valence-electron chi connectivity index (χ4n) is 11.8. The minimum Gasteiger partial charge on any atom is -0.458 e. The number of hydrogen-bond donors (Lipinski definition) is 3. The maximum absolute atomic E-state index is 16.3. The Morgan fingerprint density at radius 2 is 1.30 bits per heavy atom. The smallest absolute Gasteiger partial charge is 0.338 e. The molecule has 11 atom stereocenters. The maximum Gasteiger partial charge on any atom is 0.338 e. The molecule has 4 aliphatic rings. The molecule has 2 bridgehead atoms. The summed E-state index contributed by atoms with van der Waals surface area (Å²) in [6, 6.07) is 35.2. The lowest BCUT2D eigenvalue weighted by Gasteiger charge is -2.67. The topological polar surface area (TPSA) is 227 Å². The van der Waals surface area contributed by atoms with Gasteiger partial charge in [-0.15, -0.1) is 0 Å². The van der Waals surface area contributed by atoms with Crippen LogP contribution < -0.4 is 5.32 Å². The van der Waals surface area contributed by atoms with Crippen LogP contribution in [0.3, 0.4) is 0 Å². The molecule has 0 unspecified atom stereocenters. The molecule has 3 aliphatic carbocycles. The van der Waals surface area contributed by atoms with Crippen molar-refractivity contribution >= 4 is 52.3 Å². The van der Waals surface area contributed by atoms with Crippen molar-refractivity contribution in [1.29, 1.82) is 0 Å². The SMILES string of the molecule is CC(=O)O[C@H]1C(=O)[C@]2(C)[C@@H](OC(=O)c3ccc4ccccc4c3)C[C@H]3OC[C@@]3(OC(C)=O)[C@H]2[C@H](OC(=O)c2ccccc2)[C@]2(O)C[C@H](OC(=O)[C@H](O)[C@@H](NC(=O)c3ccccc3)c3ccccc3)C(C)=C1C2(C)C. The van der Waals surface area contributed by atoms with Crippen molar-refractivity contribution in [3.05, 3.63) is 167 Å². The number of hydrogen-bond acceptors (Lipinski definition) is 15. The van der Waals surface area contributed by atoms with Crippen molar-refractivity contribution < 1.29 is 72.2 Å². The number of benzene rings is 5. The number of amides is 1. The van der Waals surface area contributed by atoms with Crippen LogP contribution >= 0.6 is 0 Å². The molecule has 1 amide bonds. The third-order valence-electron chi connectivity index (χ3n) is 15.7. The largest absolute Gasteiger partial charge is 0.458 e. The van der Waals surface area contributed by atoms with Gasteiger partial charge in [0.2, 0.25) is 0 Å². The Kier molecular flexibility index (Phi) is 13.7. The van der Waals surface area contributed by atoms with Gasteiger partial charge in [0.05, 0.1) is 35.1 Å². The molecule has 74 heavy (non-hydrogen) atoms. The molecule has 2 saturated carbocycles. The van der Waals surface area contributed by atoms with Crippen LogP contribution in [0.4, 0.5) is 0 Å². The lowest BCUT2D eigenvalue weighted by molar-refractivity contribution is -0.345. The van der Waals surface area contributed by atoms with Gasteiger partial charge in [-0.05, 0) is 77.7 Å². The number of Topliss-reactive ketones (excluding diaryl/α,β-unsaturated/α-hetero) is 1. The number of carbonyl (C=O) groups excluding carboxylic acids is 7. The summed E-state index contributed by atoms with van der Waals surface area (Å²) in [4.78, 5) is 101. The van der Waals surface area contributed by atoms with Gasteiger partial charge in [0, 0.05) is 37.7 Å². The van der Waals surface area contributed by atoms with Crippen LogP contribution in [0.2, 0.25) is 0 Å². The van der Waals surface area contributed by atoms with Gasteiger partial charge in [-0.3, -0.25) is 19.2 Å². The van der Waals surface area contributed by atoms with Gasteiger partial charge in [0.1, 0.15) is 30.0 Å². The predicted molar refractivity (Wildman–Crippen MR) is 265 cm³/mol. The molecule has 9 rings (SSSR count). The van der Waals surface area contributed by atoms with Crippen LogP contribution in [0, 0.1) is 16.7 Å². The summed E-state index contributed by atoms with van der Waals surface area (Å²) >= 11 is 0. The van der Waals surface area contributed by atoms with Crippen molar-refractivity contribution in [2.24, 2.45) is 16.7 Å². The molecule has 5 aromatic rings. The summed E-state index contributed by atoms with van der Waals surface area (Å²) in [7, 11) is 0. The van der Waals surface area contributed by atoms with Crippen LogP contribution in [0.5, 0.6) is 0 Å². The molecular formula is C58H57NO15. The minimum atomic E-state index is -2.48. The van der Waals surface area contributed by atoms with E-state index < -0.39 is 119 Å². The first kappa shape index (κ1) is 51.4. The van der Waals surface area contributed by atoms with E-state index in [4.69, 9.17) is 28.4 Å². The van der Waals surface area contributed by atoms with Gasteiger partial charge in [0.25, 0.3) is 5.91 Å². The van der Waals surface area contributed by atoms with E-state index in [0.717, 1.165) is 24.6 Å². The summed E-state index contributed by atoms with van der Waals surface area (Å²) in [6.45, 7) is 7.97. The predicted octanol–water partition coefficient (Wildman–Crippen LogP) is 6.75. The van der Waals surface area contributed by atoms with Gasteiger partial charge in [-0.1, -0.05) is 111 Å². The Balaban J connectivity index is 1.21. The summed E-state index contributed by atoms with van der Waals surface area (Å²) < 4.78 is 37.7. The quantitative estimate of drug-likeness (QED) is 0.0667. The average Bonchev–Trinajstić information content (AvgIpc) is 3.38. The van der Waals surface area contributed by atoms with E-state index in [-0.39, 0.29) is 40.9 Å². The highest BCUT2D eigenvalue weighted by Gasteiger charge is 2.79. The summed E-state index contributed by atoms with van der Waals surface area (Å²) in [5.41, 5.74) is -7.39. The number of aliphatic hydroxyl groups is 2. The van der Waals surface area contributed by atoms with E-state index in [1.54, 1.807) is 111 Å². The van der Waals surface area contributed by atoms with Crippen LogP contribution in [0.1, 0.15) is 97.1 Å². The molecule has 16 nitrogen and oxygen atoms in total. The minimum absolute atomic E-state index is 0.0377. The van der Waals surface area contributed by atoms with E-state index in [1.165, 1.54) is 26.0 Å². The van der Waals surface area contributed by atoms with Gasteiger partial charge < -0.3 is 44.0 Å². The number of aliphatic hydroxyl groups excluding tert-OH is 1. The normalized spacial score (nSPS) is 28.5. The van der Waals surface area contributed by atoms with E-state index in [0.29, 0.717) is 5.56 Å². The fraction of sp³-hybridized carbons (Fsp3) is 0.362. The molecule has 1 aliphatic heterocycles. The lowest BCUT2D eigenvalue weighted by Crippen LogP contribution is -2.82. The first-order chi connectivity index (χ1) is 35.2. The molecule has 0 aromatic heterocycles. The Morgan fingerprint density at radius 3 is 1.91 bits per heavy atom. The lowest BCUT2D eigenvalue weighted by atomic mass is 9.44. The van der Waals surface area contributed by atoms with Crippen LogP contribution in [0.15, 0.2) is 145 Å². The van der Waals surface area contributed by atoms with Gasteiger partial charge >= 0.3 is 29.8 Å². The van der Waals surface area contributed by atoms with Gasteiger partial charge in [0.15, 0.2) is 23.6 Å². The molecule has 5 aromatic carbocycles. The average molecular weight is 1010 g/mol. The molecule has 1 saturated heterocycles. The highest BCUT2D eigenvalue weighted by atomic mass is 16.6. The number of nitrogens with one attached hydrogen (secondary N) is 1. The molecule has 0 spiro atoms. The van der Waals surface area contributed by atoms with Gasteiger partial charge in [-0.25, -0.2) is 14.4 Å². The van der Waals surface area contributed by atoms with E-state index >= 15 is 4.79 Å². The fourth-order valence-corrected chi connectivity index (χ4v) is 11.8. The first-order valence-electron chi connectivity index (χ1n) is 24.4. The zero-order chi connectivity index (χ0) is 52.9. The molecule has 3 N–H and O–H groups in total. The Bertz CT molecular complexity index is 3070. The van der Waals surface area contributed by atoms with Crippen molar-refractivity contribution in [3.63, 3.8) is 0 Å². The van der Waals surface area contributed by atoms with Crippen molar-refractivity contribution in [2.45, 2.75) is 108 Å². The van der Waals surface area contributed by atoms with Crippen molar-refractivity contribution in [2.75, 3.05) is 6.61 Å². The van der Waals surface area contributed by atoms with E-state index in [2.05, 4.69) is 5.32 Å². The second-order valence-electron chi connectivity index (χ2n) is 20.3. The monoisotopic (exact) mass is 1010 g/mol. The standard InChI is InChI=1S/C58H57NO15/c1-32-41(71-54(67)46(62)45(36-19-10-7-11-20-36)59-51(64)37-21-12-8-13-22-37)30-58(68)50(73-52(65)38-23-14-9-15-24-38)48-56(6,49(63)47(70-33(2)60)44(32)55(58,4)5)42(29-43-57(48,31-69-43)74-34(3)61)72-53(66)40-27-26-35-18-16-17-25-39(35)28-40/h7-28,41-43,45-48,50,62,68H,29-31H2,1-6H3,(H,59,64)/t41-,42-,43+,45-,46+,47+,48-,50-,56+,57-,58+/m0/s1. The Labute approximate surface area is 426 Å². The molecule has 384 valence electrons. The number of fused-ring (bicyclic) bond motifs is 6. The summed E-state index contributed by atoms with van der Waals surface area (Å²) in [5, 5.41) is 30.4. The molecular weight excluding hydrogens is 951 g/mol. The highest BCUT2D eigenvalue weighted by molar-refractivity contribution is 5.98. The molecule has 0 radical (unpaired) electrons. The first-order valence-corrected chi connectivity index (χ1v) is 24.4. The molecule has 1 heterocycles. The number of rotatable bonds is 12. The number of ether oxygens (including phenoxy) is 6. The van der Waals surface area contributed by atoms with Gasteiger partial charge in [-0.2, -0.15) is 0 Å². The second kappa shape index (κ2) is 19.7. The summed E-state index contributed by atoms with van der Waals surface area (Å²) in [6.07, 6.45) is -10.9. The van der Waals surface area contributed by atoms with Crippen molar-refractivity contribution in [3.8, 4) is 0 Å². The summed E-state index contributed by atoms with van der Waals surface area (Å²) in [5.74, 6) is -7.94. The number of carbonyl (C=O) groups is 7.